The lowest BCUT2D eigenvalue weighted by molar-refractivity contribution is -0.376. The average molecular weight is 442 g/mol. The molecule has 0 aromatic heterocycles. The van der Waals surface area contributed by atoms with Crippen LogP contribution in [0.5, 0.6) is 0 Å². The zero-order chi connectivity index (χ0) is 23.0. The number of aliphatic hydroxyl groups is 1. The number of ether oxygens (including phenoxy) is 1. The Balaban J connectivity index is 2.01. The largest absolute Gasteiger partial charge is 0.444 e. The molecule has 1 aliphatic rings. The van der Waals surface area contributed by atoms with Gasteiger partial charge in [-0.1, -0.05) is 24.3 Å². The highest BCUT2D eigenvalue weighted by atomic mass is 19.4. The number of hydrogen-bond acceptors (Lipinski definition) is 4. The minimum absolute atomic E-state index is 0.277. The minimum atomic E-state index is -5.91. The van der Waals surface area contributed by atoms with Gasteiger partial charge in [-0.2, -0.15) is 26.3 Å². The fraction of sp³-hybridized carbons (Fsp3) is 0.632. The number of piperazine rings is 1. The Morgan fingerprint density at radius 3 is 1.80 bits per heavy atom. The van der Waals surface area contributed by atoms with Gasteiger partial charge < -0.3 is 14.7 Å². The van der Waals surface area contributed by atoms with Gasteiger partial charge in [-0.3, -0.25) is 4.90 Å². The Morgan fingerprint density at radius 2 is 1.40 bits per heavy atom. The van der Waals surface area contributed by atoms with Crippen molar-refractivity contribution in [1.29, 1.82) is 0 Å². The van der Waals surface area contributed by atoms with Crippen molar-refractivity contribution in [3.8, 4) is 0 Å². The monoisotopic (exact) mass is 442 g/mol. The molecule has 0 spiro atoms. The van der Waals surface area contributed by atoms with E-state index in [1.807, 2.05) is 4.90 Å². The summed E-state index contributed by atoms with van der Waals surface area (Å²) >= 11 is 0. The van der Waals surface area contributed by atoms with Crippen LogP contribution in [0.1, 0.15) is 31.9 Å². The normalized spacial score (nSPS) is 17.2. The number of carbonyl (C=O) groups excluding carboxylic acids is 1. The van der Waals surface area contributed by atoms with E-state index in [-0.39, 0.29) is 6.54 Å². The van der Waals surface area contributed by atoms with Crippen LogP contribution in [0.15, 0.2) is 24.3 Å². The average Bonchev–Trinajstić information content (AvgIpc) is 2.59. The first-order valence-electron chi connectivity index (χ1n) is 9.20. The number of rotatable bonds is 3. The van der Waals surface area contributed by atoms with Crippen molar-refractivity contribution >= 4 is 6.09 Å². The van der Waals surface area contributed by atoms with E-state index < -0.39 is 35.2 Å². The van der Waals surface area contributed by atoms with Crippen molar-refractivity contribution in [2.24, 2.45) is 0 Å². The number of alkyl halides is 6. The molecule has 1 saturated heterocycles. The SMILES string of the molecule is CC(C)(C)OC(=O)N1CCN(Cc2ccc(C(O)(C(F)(F)F)C(F)(F)F)cc2)CC1. The molecule has 5 nitrogen and oxygen atoms in total. The highest BCUT2D eigenvalue weighted by Gasteiger charge is 2.71. The maximum Gasteiger partial charge on any atom is 0.430 e. The van der Waals surface area contributed by atoms with Gasteiger partial charge in [0.05, 0.1) is 0 Å². The summed E-state index contributed by atoms with van der Waals surface area (Å²) in [5, 5.41) is 9.42. The summed E-state index contributed by atoms with van der Waals surface area (Å²) in [6.45, 7) is 7.24. The van der Waals surface area contributed by atoms with Crippen LogP contribution in [-0.4, -0.2) is 65.1 Å². The van der Waals surface area contributed by atoms with Gasteiger partial charge in [0.2, 0.25) is 0 Å². The van der Waals surface area contributed by atoms with E-state index in [2.05, 4.69) is 0 Å². The fourth-order valence-corrected chi connectivity index (χ4v) is 3.01. The second kappa shape index (κ2) is 8.26. The molecule has 0 bridgehead atoms. The van der Waals surface area contributed by atoms with Gasteiger partial charge in [-0.25, -0.2) is 4.79 Å². The van der Waals surface area contributed by atoms with Crippen molar-refractivity contribution in [3.63, 3.8) is 0 Å². The molecule has 0 aliphatic carbocycles. The van der Waals surface area contributed by atoms with Crippen LogP contribution in [0.25, 0.3) is 0 Å². The lowest BCUT2D eigenvalue weighted by atomic mass is 9.91. The van der Waals surface area contributed by atoms with Crippen LogP contribution in [0.2, 0.25) is 0 Å². The van der Waals surface area contributed by atoms with E-state index in [0.717, 1.165) is 12.1 Å². The first-order valence-corrected chi connectivity index (χ1v) is 9.20. The highest BCUT2D eigenvalue weighted by molar-refractivity contribution is 5.68. The summed E-state index contributed by atoms with van der Waals surface area (Å²) in [7, 11) is 0. The number of amides is 1. The topological polar surface area (TPSA) is 53.0 Å². The van der Waals surface area contributed by atoms with E-state index in [4.69, 9.17) is 4.74 Å². The Hall–Kier alpha value is -2.01. The molecule has 1 aliphatic heterocycles. The summed E-state index contributed by atoms with van der Waals surface area (Å²) in [5.74, 6) is 0. The molecule has 2 rings (SSSR count). The molecule has 11 heteroatoms. The van der Waals surface area contributed by atoms with Gasteiger partial charge in [-0.15, -0.1) is 0 Å². The number of benzene rings is 1. The highest BCUT2D eigenvalue weighted by Crippen LogP contribution is 2.49. The van der Waals surface area contributed by atoms with Crippen LogP contribution < -0.4 is 0 Å². The molecule has 30 heavy (non-hydrogen) atoms. The van der Waals surface area contributed by atoms with E-state index in [1.165, 1.54) is 4.90 Å². The lowest BCUT2D eigenvalue weighted by Gasteiger charge is -2.35. The Morgan fingerprint density at radius 1 is 0.933 bits per heavy atom. The fourth-order valence-electron chi connectivity index (χ4n) is 3.01. The molecule has 1 amide bonds. The second-order valence-electron chi connectivity index (χ2n) is 8.15. The number of hydrogen-bond donors (Lipinski definition) is 1. The number of carbonyl (C=O) groups is 1. The van der Waals surface area contributed by atoms with Gasteiger partial charge >= 0.3 is 18.4 Å². The van der Waals surface area contributed by atoms with Gasteiger partial charge in [0.15, 0.2) is 0 Å². The van der Waals surface area contributed by atoms with Crippen molar-refractivity contribution in [2.75, 3.05) is 26.2 Å². The van der Waals surface area contributed by atoms with Crippen molar-refractivity contribution in [3.05, 3.63) is 35.4 Å². The zero-order valence-electron chi connectivity index (χ0n) is 16.8. The maximum atomic E-state index is 12.9. The molecule has 1 fully saturated rings. The summed E-state index contributed by atoms with van der Waals surface area (Å²) < 4.78 is 83.0. The van der Waals surface area contributed by atoms with Crippen molar-refractivity contribution in [2.45, 2.75) is 50.9 Å². The molecule has 170 valence electrons. The van der Waals surface area contributed by atoms with Gasteiger partial charge in [0.25, 0.3) is 5.60 Å². The number of halogens is 6. The Labute approximate surface area is 170 Å². The molecule has 0 saturated carbocycles. The molecule has 1 heterocycles. The standard InChI is InChI=1S/C19H24F6N2O3/c1-16(2,3)30-15(28)27-10-8-26(9-11-27)12-13-4-6-14(7-5-13)17(29,18(20,21)22)19(23,24)25/h4-7,29H,8-12H2,1-3H3. The second-order valence-corrected chi connectivity index (χ2v) is 8.15. The van der Waals surface area contributed by atoms with Crippen LogP contribution in [0.4, 0.5) is 31.1 Å². The van der Waals surface area contributed by atoms with E-state index in [9.17, 15) is 36.2 Å². The third kappa shape index (κ3) is 5.37. The molecule has 0 unspecified atom stereocenters. The zero-order valence-corrected chi connectivity index (χ0v) is 16.8. The maximum absolute atomic E-state index is 12.9. The third-order valence-electron chi connectivity index (χ3n) is 4.62. The molecule has 1 N–H and O–H groups in total. The summed E-state index contributed by atoms with van der Waals surface area (Å²) in [4.78, 5) is 15.5. The Bertz CT molecular complexity index is 719. The number of nitrogens with zero attached hydrogens (tertiary/aromatic N) is 2. The molecule has 0 radical (unpaired) electrons. The van der Waals surface area contributed by atoms with Gasteiger partial charge in [-0.05, 0) is 26.3 Å². The summed E-state index contributed by atoms with van der Waals surface area (Å²) in [5.41, 5.74) is -6.36. The molecule has 1 aromatic rings. The quantitative estimate of drug-likeness (QED) is 0.718. The molecule has 0 atom stereocenters. The van der Waals surface area contributed by atoms with Gasteiger partial charge in [0.1, 0.15) is 5.60 Å². The minimum Gasteiger partial charge on any atom is -0.444 e. The van der Waals surface area contributed by atoms with Crippen LogP contribution >= 0.6 is 0 Å². The summed E-state index contributed by atoms with van der Waals surface area (Å²) in [6, 6.07) is 3.51. The predicted octanol–water partition coefficient (Wildman–Crippen LogP) is 4.05. The third-order valence-corrected chi connectivity index (χ3v) is 4.62. The Kier molecular flexibility index (Phi) is 6.68. The predicted molar refractivity (Wildman–Crippen MR) is 95.5 cm³/mol. The van der Waals surface area contributed by atoms with E-state index in [0.29, 0.717) is 43.9 Å². The molecule has 1 aromatic carbocycles. The first kappa shape index (κ1) is 24.3. The van der Waals surface area contributed by atoms with Crippen LogP contribution in [0.3, 0.4) is 0 Å². The summed E-state index contributed by atoms with van der Waals surface area (Å²) in [6.07, 6.45) is -12.3. The van der Waals surface area contributed by atoms with Crippen LogP contribution in [-0.2, 0) is 16.9 Å². The van der Waals surface area contributed by atoms with Crippen molar-refractivity contribution in [1.82, 2.24) is 9.80 Å². The van der Waals surface area contributed by atoms with Crippen LogP contribution in [0, 0.1) is 0 Å². The lowest BCUT2D eigenvalue weighted by Crippen LogP contribution is -2.53. The van der Waals surface area contributed by atoms with Gasteiger partial charge in [0, 0.05) is 38.3 Å². The first-order chi connectivity index (χ1) is 13.5. The smallest absolute Gasteiger partial charge is 0.430 e. The van der Waals surface area contributed by atoms with E-state index >= 15 is 0 Å². The molecular weight excluding hydrogens is 418 g/mol. The molecular formula is C19H24F6N2O3. The van der Waals surface area contributed by atoms with Crippen molar-refractivity contribution < 1.29 is 41.0 Å². The van der Waals surface area contributed by atoms with E-state index in [1.54, 1.807) is 20.8 Å².